The lowest BCUT2D eigenvalue weighted by Gasteiger charge is -2.07. The molecule has 0 heterocycles. The number of aldehydes is 1. The molecule has 0 aliphatic rings. The fourth-order valence-electron chi connectivity index (χ4n) is 1.58. The van der Waals surface area contributed by atoms with E-state index in [9.17, 15) is 9.18 Å². The minimum absolute atomic E-state index is 0.313. The third kappa shape index (κ3) is 2.48. The topological polar surface area (TPSA) is 17.1 Å². The summed E-state index contributed by atoms with van der Waals surface area (Å²) >= 11 is 11.4. The van der Waals surface area contributed by atoms with Crippen molar-refractivity contribution in [2.24, 2.45) is 0 Å². The van der Waals surface area contributed by atoms with Crippen LogP contribution in [0.1, 0.15) is 10.4 Å². The molecule has 0 aliphatic carbocycles. The zero-order valence-corrected chi connectivity index (χ0v) is 10.1. The highest BCUT2D eigenvalue weighted by molar-refractivity contribution is 6.31. The fraction of sp³-hybridized carbons (Fsp3) is 0. The highest BCUT2D eigenvalue weighted by Gasteiger charge is 2.10. The van der Waals surface area contributed by atoms with Gasteiger partial charge in [-0.1, -0.05) is 29.3 Å². The average molecular weight is 269 g/mol. The maximum absolute atomic E-state index is 13.7. The number of benzene rings is 2. The van der Waals surface area contributed by atoms with Crippen LogP contribution < -0.4 is 0 Å². The minimum atomic E-state index is -0.470. The van der Waals surface area contributed by atoms with Crippen molar-refractivity contribution >= 4 is 29.5 Å². The van der Waals surface area contributed by atoms with Crippen LogP contribution in [0.15, 0.2) is 36.4 Å². The van der Waals surface area contributed by atoms with E-state index >= 15 is 0 Å². The zero-order valence-electron chi connectivity index (χ0n) is 8.58. The summed E-state index contributed by atoms with van der Waals surface area (Å²) in [5.74, 6) is -0.470. The van der Waals surface area contributed by atoms with Crippen molar-refractivity contribution in [2.75, 3.05) is 0 Å². The average Bonchev–Trinajstić information content (AvgIpc) is 2.30. The second-order valence-corrected chi connectivity index (χ2v) is 4.35. The minimum Gasteiger partial charge on any atom is -0.298 e. The molecule has 0 saturated heterocycles. The Kier molecular flexibility index (Phi) is 3.46. The lowest BCUT2D eigenvalue weighted by molar-refractivity contribution is 0.112. The normalized spacial score (nSPS) is 10.3. The first-order valence-electron chi connectivity index (χ1n) is 4.82. The Labute approximate surface area is 108 Å². The van der Waals surface area contributed by atoms with Crippen LogP contribution in [0.2, 0.25) is 10.0 Å². The summed E-state index contributed by atoms with van der Waals surface area (Å²) < 4.78 is 13.7. The van der Waals surface area contributed by atoms with Gasteiger partial charge in [0.05, 0.1) is 0 Å². The monoisotopic (exact) mass is 268 g/mol. The van der Waals surface area contributed by atoms with Gasteiger partial charge in [0.15, 0.2) is 6.29 Å². The Morgan fingerprint density at radius 1 is 0.941 bits per heavy atom. The highest BCUT2D eigenvalue weighted by atomic mass is 35.5. The first kappa shape index (κ1) is 12.1. The molecular weight excluding hydrogens is 262 g/mol. The van der Waals surface area contributed by atoms with Crippen LogP contribution in [0, 0.1) is 5.82 Å². The summed E-state index contributed by atoms with van der Waals surface area (Å²) in [6, 6.07) is 9.03. The molecule has 86 valence electrons. The van der Waals surface area contributed by atoms with Crippen LogP contribution in [0.25, 0.3) is 11.1 Å². The van der Waals surface area contributed by atoms with E-state index in [1.54, 1.807) is 18.2 Å². The number of halogens is 3. The van der Waals surface area contributed by atoms with Crippen LogP contribution in [-0.2, 0) is 0 Å². The maximum Gasteiger partial charge on any atom is 0.150 e. The summed E-state index contributed by atoms with van der Waals surface area (Å²) in [6.07, 6.45) is 0.648. The van der Waals surface area contributed by atoms with Gasteiger partial charge in [-0.15, -0.1) is 0 Å². The zero-order chi connectivity index (χ0) is 12.4. The van der Waals surface area contributed by atoms with Gasteiger partial charge in [-0.2, -0.15) is 0 Å². The fourth-order valence-corrected chi connectivity index (χ4v) is 1.92. The second kappa shape index (κ2) is 4.86. The van der Waals surface area contributed by atoms with Crippen molar-refractivity contribution in [3.63, 3.8) is 0 Å². The predicted molar refractivity (Wildman–Crippen MR) is 67.2 cm³/mol. The van der Waals surface area contributed by atoms with Gasteiger partial charge >= 0.3 is 0 Å². The standard InChI is InChI=1S/C13H7Cl2FO/c14-9-1-3-11(8(5-9)7-17)12-4-2-10(15)6-13(12)16/h1-7H. The predicted octanol–water partition coefficient (Wildman–Crippen LogP) is 4.61. The van der Waals surface area contributed by atoms with E-state index in [1.165, 1.54) is 18.2 Å². The molecule has 0 amide bonds. The SMILES string of the molecule is O=Cc1cc(Cl)ccc1-c1ccc(Cl)cc1F. The van der Waals surface area contributed by atoms with Gasteiger partial charge in [-0.05, 0) is 35.9 Å². The van der Waals surface area contributed by atoms with Crippen molar-refractivity contribution in [1.29, 1.82) is 0 Å². The molecule has 1 nitrogen and oxygen atoms in total. The third-order valence-electron chi connectivity index (χ3n) is 2.36. The third-order valence-corrected chi connectivity index (χ3v) is 2.83. The van der Waals surface area contributed by atoms with E-state index in [1.807, 2.05) is 0 Å². The summed E-state index contributed by atoms with van der Waals surface area (Å²) in [5, 5.41) is 0.748. The van der Waals surface area contributed by atoms with E-state index < -0.39 is 5.82 Å². The molecule has 0 spiro atoms. The highest BCUT2D eigenvalue weighted by Crippen LogP contribution is 2.29. The number of rotatable bonds is 2. The smallest absolute Gasteiger partial charge is 0.150 e. The van der Waals surface area contributed by atoms with E-state index in [0.717, 1.165) is 0 Å². The lowest BCUT2D eigenvalue weighted by Crippen LogP contribution is -1.90. The Balaban J connectivity index is 2.63. The summed E-state index contributed by atoms with van der Waals surface area (Å²) in [4.78, 5) is 10.9. The molecule has 4 heteroatoms. The number of hydrogen-bond donors (Lipinski definition) is 0. The first-order valence-corrected chi connectivity index (χ1v) is 5.57. The van der Waals surface area contributed by atoms with Crippen molar-refractivity contribution in [3.05, 3.63) is 57.8 Å². The van der Waals surface area contributed by atoms with Gasteiger partial charge < -0.3 is 0 Å². The van der Waals surface area contributed by atoms with Crippen LogP contribution >= 0.6 is 23.2 Å². The van der Waals surface area contributed by atoms with Gasteiger partial charge in [0.25, 0.3) is 0 Å². The van der Waals surface area contributed by atoms with E-state index in [2.05, 4.69) is 0 Å². The van der Waals surface area contributed by atoms with Crippen molar-refractivity contribution in [1.82, 2.24) is 0 Å². The number of hydrogen-bond acceptors (Lipinski definition) is 1. The van der Waals surface area contributed by atoms with E-state index in [-0.39, 0.29) is 0 Å². The molecule has 0 saturated carbocycles. The molecule has 2 aromatic carbocycles. The molecule has 0 fully saturated rings. The summed E-state index contributed by atoms with van der Waals surface area (Å²) in [6.45, 7) is 0. The van der Waals surface area contributed by atoms with Gasteiger partial charge in [-0.3, -0.25) is 4.79 Å². The molecule has 0 radical (unpaired) electrons. The largest absolute Gasteiger partial charge is 0.298 e. The lowest BCUT2D eigenvalue weighted by atomic mass is 10.00. The quantitative estimate of drug-likeness (QED) is 0.727. The Bertz CT molecular complexity index is 582. The molecular formula is C13H7Cl2FO. The molecule has 0 aliphatic heterocycles. The molecule has 2 aromatic rings. The number of carbonyl (C=O) groups is 1. The Hall–Kier alpha value is -1.38. The molecule has 0 N–H and O–H groups in total. The van der Waals surface area contributed by atoms with Gasteiger partial charge in [0, 0.05) is 21.2 Å². The van der Waals surface area contributed by atoms with Crippen molar-refractivity contribution < 1.29 is 9.18 Å². The van der Waals surface area contributed by atoms with Crippen LogP contribution in [-0.4, -0.2) is 6.29 Å². The second-order valence-electron chi connectivity index (χ2n) is 3.47. The van der Waals surface area contributed by atoms with E-state index in [4.69, 9.17) is 23.2 Å². The molecule has 0 atom stereocenters. The Morgan fingerprint density at radius 2 is 1.53 bits per heavy atom. The first-order chi connectivity index (χ1) is 8.11. The molecule has 17 heavy (non-hydrogen) atoms. The van der Waals surface area contributed by atoms with Gasteiger partial charge in [-0.25, -0.2) is 4.39 Å². The van der Waals surface area contributed by atoms with Crippen LogP contribution in [0.3, 0.4) is 0 Å². The molecule has 0 aromatic heterocycles. The summed E-state index contributed by atoms with van der Waals surface area (Å²) in [5.41, 5.74) is 1.17. The number of carbonyl (C=O) groups excluding carboxylic acids is 1. The van der Waals surface area contributed by atoms with Crippen LogP contribution in [0.4, 0.5) is 4.39 Å². The van der Waals surface area contributed by atoms with Crippen molar-refractivity contribution in [2.45, 2.75) is 0 Å². The van der Waals surface area contributed by atoms with Gasteiger partial charge in [0.2, 0.25) is 0 Å². The van der Waals surface area contributed by atoms with Crippen molar-refractivity contribution in [3.8, 4) is 11.1 Å². The van der Waals surface area contributed by atoms with Crippen LogP contribution in [0.5, 0.6) is 0 Å². The molecule has 0 unspecified atom stereocenters. The maximum atomic E-state index is 13.7. The van der Waals surface area contributed by atoms with Gasteiger partial charge in [0.1, 0.15) is 5.82 Å². The summed E-state index contributed by atoms with van der Waals surface area (Å²) in [7, 11) is 0. The molecule has 0 bridgehead atoms. The Morgan fingerprint density at radius 3 is 2.12 bits per heavy atom. The van der Waals surface area contributed by atoms with E-state index in [0.29, 0.717) is 33.0 Å². The molecule has 2 rings (SSSR count).